The quantitative estimate of drug-likeness (QED) is 0.439. The van der Waals surface area contributed by atoms with E-state index in [9.17, 15) is 13.2 Å². The molecule has 1 atom stereocenters. The Morgan fingerprint density at radius 3 is 2.52 bits per heavy atom. The minimum absolute atomic E-state index is 0.0623. The SMILES string of the molecule is Cc1cccc(C)c1OCc1nnc(SCC(=O)N(C2CCCC2)C2CCS(=O)(=O)C2)n1N. The van der Waals surface area contributed by atoms with Crippen molar-refractivity contribution in [2.45, 2.75) is 69.8 Å². The topological polar surface area (TPSA) is 120 Å². The summed E-state index contributed by atoms with van der Waals surface area (Å²) in [6, 6.07) is 5.82. The van der Waals surface area contributed by atoms with Gasteiger partial charge in [0.05, 0.1) is 17.3 Å². The third-order valence-electron chi connectivity index (χ3n) is 6.42. The van der Waals surface area contributed by atoms with Crippen molar-refractivity contribution < 1.29 is 17.9 Å². The van der Waals surface area contributed by atoms with E-state index in [2.05, 4.69) is 10.2 Å². The zero-order chi connectivity index (χ0) is 23.6. The van der Waals surface area contributed by atoms with Crippen molar-refractivity contribution in [2.24, 2.45) is 0 Å². The summed E-state index contributed by atoms with van der Waals surface area (Å²) < 4.78 is 31.3. The minimum Gasteiger partial charge on any atom is -0.485 e. The molecule has 2 fully saturated rings. The van der Waals surface area contributed by atoms with E-state index in [1.54, 1.807) is 0 Å². The number of aryl methyl sites for hydroxylation is 2. The molecule has 1 unspecified atom stereocenters. The van der Waals surface area contributed by atoms with Crippen molar-refractivity contribution in [2.75, 3.05) is 23.1 Å². The normalized spacial score (nSPS) is 20.2. The lowest BCUT2D eigenvalue weighted by atomic mass is 10.1. The van der Waals surface area contributed by atoms with Gasteiger partial charge in [0.15, 0.2) is 15.7 Å². The number of nitrogens with zero attached hydrogens (tertiary/aromatic N) is 4. The molecular weight excluding hydrogens is 462 g/mol. The van der Waals surface area contributed by atoms with Crippen LogP contribution in [0.2, 0.25) is 0 Å². The number of aromatic nitrogens is 3. The summed E-state index contributed by atoms with van der Waals surface area (Å²) >= 11 is 1.22. The van der Waals surface area contributed by atoms with E-state index in [0.29, 0.717) is 17.4 Å². The maximum Gasteiger partial charge on any atom is 0.233 e. The number of sulfone groups is 1. The largest absolute Gasteiger partial charge is 0.485 e. The van der Waals surface area contributed by atoms with E-state index >= 15 is 0 Å². The number of rotatable bonds is 8. The fourth-order valence-electron chi connectivity index (χ4n) is 4.75. The standard InChI is InChI=1S/C22H31N5O4S2/c1-15-6-5-7-16(2)21(15)31-12-19-24-25-22(27(19)23)32-13-20(28)26(17-8-3-4-9-17)18-10-11-33(29,30)14-18/h5-7,17-18H,3-4,8-14,23H2,1-2H3. The van der Waals surface area contributed by atoms with Crippen LogP contribution in [0.3, 0.4) is 0 Å². The van der Waals surface area contributed by atoms with Gasteiger partial charge in [-0.2, -0.15) is 0 Å². The predicted molar refractivity (Wildman–Crippen MR) is 127 cm³/mol. The number of benzene rings is 1. The van der Waals surface area contributed by atoms with Gasteiger partial charge in [0.2, 0.25) is 11.1 Å². The van der Waals surface area contributed by atoms with Gasteiger partial charge in [-0.3, -0.25) is 4.79 Å². The van der Waals surface area contributed by atoms with Crippen LogP contribution in [0.5, 0.6) is 5.75 Å². The first-order valence-corrected chi connectivity index (χ1v) is 14.1. The van der Waals surface area contributed by atoms with E-state index < -0.39 is 9.84 Å². The van der Waals surface area contributed by atoms with Crippen molar-refractivity contribution in [1.82, 2.24) is 19.8 Å². The molecule has 33 heavy (non-hydrogen) atoms. The van der Waals surface area contributed by atoms with Gasteiger partial charge in [0.25, 0.3) is 0 Å². The molecule has 1 amide bonds. The fourth-order valence-corrected chi connectivity index (χ4v) is 7.21. The van der Waals surface area contributed by atoms with Gasteiger partial charge in [0.1, 0.15) is 12.4 Å². The van der Waals surface area contributed by atoms with Crippen LogP contribution in [-0.2, 0) is 21.2 Å². The zero-order valence-electron chi connectivity index (χ0n) is 19.1. The molecule has 2 N–H and O–H groups in total. The zero-order valence-corrected chi connectivity index (χ0v) is 20.7. The van der Waals surface area contributed by atoms with E-state index in [1.807, 2.05) is 36.9 Å². The van der Waals surface area contributed by atoms with E-state index in [0.717, 1.165) is 42.6 Å². The van der Waals surface area contributed by atoms with Crippen LogP contribution in [0, 0.1) is 13.8 Å². The number of ether oxygens (including phenoxy) is 1. The first kappa shape index (κ1) is 23.9. The first-order chi connectivity index (χ1) is 15.7. The molecule has 1 aliphatic carbocycles. The lowest BCUT2D eigenvalue weighted by Crippen LogP contribution is -2.47. The highest BCUT2D eigenvalue weighted by Gasteiger charge is 2.39. The Hall–Kier alpha value is -2.27. The number of amides is 1. The lowest BCUT2D eigenvalue weighted by Gasteiger charge is -2.34. The highest BCUT2D eigenvalue weighted by atomic mass is 32.2. The fraction of sp³-hybridized carbons (Fsp3) is 0.591. The molecule has 4 rings (SSSR count). The summed E-state index contributed by atoms with van der Waals surface area (Å²) in [6.45, 7) is 4.12. The number of nitrogens with two attached hydrogens (primary N) is 1. The minimum atomic E-state index is -3.07. The Morgan fingerprint density at radius 2 is 1.88 bits per heavy atom. The summed E-state index contributed by atoms with van der Waals surface area (Å²) in [5.74, 6) is 7.72. The lowest BCUT2D eigenvalue weighted by molar-refractivity contribution is -0.132. The van der Waals surface area contributed by atoms with Crippen LogP contribution in [0.1, 0.15) is 49.1 Å². The molecule has 0 radical (unpaired) electrons. The van der Waals surface area contributed by atoms with Crippen molar-refractivity contribution in [3.05, 3.63) is 35.2 Å². The number of nitrogen functional groups attached to an aromatic ring is 1. The molecule has 1 saturated carbocycles. The monoisotopic (exact) mass is 493 g/mol. The second-order valence-corrected chi connectivity index (χ2v) is 12.0. The molecule has 1 aromatic heterocycles. The number of para-hydroxylation sites is 1. The molecule has 2 aromatic rings. The van der Waals surface area contributed by atoms with Crippen molar-refractivity contribution in [3.8, 4) is 5.75 Å². The van der Waals surface area contributed by atoms with Crippen molar-refractivity contribution in [1.29, 1.82) is 0 Å². The number of carbonyl (C=O) groups is 1. The molecule has 1 aromatic carbocycles. The summed E-state index contributed by atoms with van der Waals surface area (Å²) in [5.41, 5.74) is 2.05. The third-order valence-corrected chi connectivity index (χ3v) is 9.10. The summed E-state index contributed by atoms with van der Waals surface area (Å²) in [4.78, 5) is 15.0. The molecule has 0 bridgehead atoms. The van der Waals surface area contributed by atoms with Crippen LogP contribution in [0.25, 0.3) is 0 Å². The smallest absolute Gasteiger partial charge is 0.233 e. The van der Waals surface area contributed by atoms with Crippen molar-refractivity contribution >= 4 is 27.5 Å². The van der Waals surface area contributed by atoms with Crippen LogP contribution in [0.15, 0.2) is 23.4 Å². The maximum atomic E-state index is 13.2. The Kier molecular flexibility index (Phi) is 7.18. The Balaban J connectivity index is 1.39. The highest BCUT2D eigenvalue weighted by Crippen LogP contribution is 2.30. The van der Waals surface area contributed by atoms with Gasteiger partial charge < -0.3 is 15.5 Å². The Labute approximate surface area is 199 Å². The maximum absolute atomic E-state index is 13.2. The average molecular weight is 494 g/mol. The van der Waals surface area contributed by atoms with Gasteiger partial charge in [-0.05, 0) is 44.2 Å². The molecule has 0 spiro atoms. The average Bonchev–Trinajstić information content (AvgIpc) is 3.48. The molecule has 11 heteroatoms. The number of hydrogen-bond acceptors (Lipinski definition) is 8. The molecule has 9 nitrogen and oxygen atoms in total. The van der Waals surface area contributed by atoms with Crippen LogP contribution >= 0.6 is 11.8 Å². The summed E-state index contributed by atoms with van der Waals surface area (Å²) in [7, 11) is -3.07. The Bertz CT molecular complexity index is 1090. The second-order valence-electron chi connectivity index (χ2n) is 8.86. The molecule has 180 valence electrons. The van der Waals surface area contributed by atoms with E-state index in [-0.39, 0.29) is 41.9 Å². The van der Waals surface area contributed by atoms with Crippen molar-refractivity contribution in [3.63, 3.8) is 0 Å². The van der Waals surface area contributed by atoms with Gasteiger partial charge in [-0.1, -0.05) is 42.8 Å². The van der Waals surface area contributed by atoms with Crippen LogP contribution in [0.4, 0.5) is 0 Å². The molecular formula is C22H31N5O4S2. The second kappa shape index (κ2) is 9.92. The number of hydrogen-bond donors (Lipinski definition) is 1. The van der Waals surface area contributed by atoms with E-state index in [4.69, 9.17) is 10.6 Å². The van der Waals surface area contributed by atoms with Gasteiger partial charge in [-0.15, -0.1) is 10.2 Å². The van der Waals surface area contributed by atoms with Gasteiger partial charge in [-0.25, -0.2) is 13.1 Å². The number of thioether (sulfide) groups is 1. The van der Waals surface area contributed by atoms with Gasteiger partial charge in [0, 0.05) is 12.1 Å². The predicted octanol–water partition coefficient (Wildman–Crippen LogP) is 2.24. The van der Waals surface area contributed by atoms with Crippen LogP contribution in [-0.4, -0.2) is 63.4 Å². The molecule has 1 aliphatic heterocycles. The highest BCUT2D eigenvalue weighted by molar-refractivity contribution is 7.99. The summed E-state index contributed by atoms with van der Waals surface area (Å²) in [5, 5.41) is 8.68. The third kappa shape index (κ3) is 5.46. The first-order valence-electron chi connectivity index (χ1n) is 11.3. The van der Waals surface area contributed by atoms with Crippen LogP contribution < -0.4 is 10.6 Å². The Morgan fingerprint density at radius 1 is 1.18 bits per heavy atom. The summed E-state index contributed by atoms with van der Waals surface area (Å²) in [6.07, 6.45) is 4.52. The van der Waals surface area contributed by atoms with E-state index in [1.165, 1.54) is 16.4 Å². The number of carbonyl (C=O) groups excluding carboxylic acids is 1. The molecule has 2 heterocycles. The molecule has 1 saturated heterocycles. The van der Waals surface area contributed by atoms with Gasteiger partial charge >= 0.3 is 0 Å². The molecule has 2 aliphatic rings.